The van der Waals surface area contributed by atoms with Gasteiger partial charge in [-0.25, -0.2) is 0 Å². The van der Waals surface area contributed by atoms with Crippen LogP contribution in [0.1, 0.15) is 55.0 Å². The number of allylic oxidation sites excluding steroid dienone is 4. The molecule has 152 valence electrons. The average molecular weight is 505 g/mol. The van der Waals surface area contributed by atoms with E-state index in [0.717, 1.165) is 18.3 Å². The third kappa shape index (κ3) is 5.00. The van der Waals surface area contributed by atoms with Gasteiger partial charge in [-0.3, -0.25) is 0 Å². The molecule has 3 heteroatoms. The van der Waals surface area contributed by atoms with Gasteiger partial charge >= 0.3 is 177 Å². The molecule has 0 aliphatic heterocycles. The van der Waals surface area contributed by atoms with Crippen LogP contribution in [0.2, 0.25) is 0 Å². The van der Waals surface area contributed by atoms with E-state index in [9.17, 15) is 0 Å². The van der Waals surface area contributed by atoms with Crippen molar-refractivity contribution in [3.05, 3.63) is 73.6 Å². The molecule has 29 heavy (non-hydrogen) atoms. The van der Waals surface area contributed by atoms with Crippen LogP contribution in [0.4, 0.5) is 0 Å². The van der Waals surface area contributed by atoms with Crippen molar-refractivity contribution < 1.29 is 48.0 Å². The van der Waals surface area contributed by atoms with Crippen molar-refractivity contribution in [2.75, 3.05) is 0 Å². The molecule has 0 amide bonds. The summed E-state index contributed by atoms with van der Waals surface area (Å²) in [5, 5.41) is 0. The molecule has 2 aromatic carbocycles. The fraction of sp³-hybridized carbons (Fsp3) is 0.385. The van der Waals surface area contributed by atoms with Crippen LogP contribution in [0.25, 0.3) is 11.1 Å². The van der Waals surface area contributed by atoms with E-state index in [4.69, 9.17) is 0 Å². The topological polar surface area (TPSA) is 0 Å². The molecule has 0 saturated heterocycles. The molecular formula is C26H30Cl2Zr. The Hall–Kier alpha value is -0.617. The summed E-state index contributed by atoms with van der Waals surface area (Å²) in [5.74, 6) is 1.48. The van der Waals surface area contributed by atoms with Gasteiger partial charge in [0, 0.05) is 0 Å². The van der Waals surface area contributed by atoms with Crippen LogP contribution in [0.5, 0.6) is 0 Å². The number of benzene rings is 2. The molecular weight excluding hydrogens is 474 g/mol. The van der Waals surface area contributed by atoms with E-state index in [1.54, 1.807) is 23.2 Å². The molecule has 4 rings (SSSR count). The minimum Gasteiger partial charge on any atom is -1.00 e. The predicted molar refractivity (Wildman–Crippen MR) is 113 cm³/mol. The van der Waals surface area contributed by atoms with Crippen LogP contribution < -0.4 is 28.1 Å². The molecule has 0 heterocycles. The number of rotatable bonds is 5. The summed E-state index contributed by atoms with van der Waals surface area (Å²) < 4.78 is 3.51. The minimum absolute atomic E-state index is 0. The second kappa shape index (κ2) is 10.1. The van der Waals surface area contributed by atoms with E-state index in [1.165, 1.54) is 35.1 Å². The maximum atomic E-state index is 2.47. The zero-order chi connectivity index (χ0) is 19.1. The van der Waals surface area contributed by atoms with Gasteiger partial charge in [-0.15, -0.1) is 0 Å². The van der Waals surface area contributed by atoms with Gasteiger partial charge in [0.1, 0.15) is 0 Å². The first-order valence-electron chi connectivity index (χ1n) is 10.3. The number of hydrogen-bond acceptors (Lipinski definition) is 0. The molecule has 0 saturated carbocycles. The van der Waals surface area contributed by atoms with Crippen molar-refractivity contribution in [3.8, 4) is 11.1 Å². The summed E-state index contributed by atoms with van der Waals surface area (Å²) in [6, 6.07) is 9.77. The van der Waals surface area contributed by atoms with E-state index in [2.05, 4.69) is 77.1 Å². The van der Waals surface area contributed by atoms with Gasteiger partial charge in [-0.1, -0.05) is 0 Å². The first kappa shape index (κ1) is 24.7. The monoisotopic (exact) mass is 502 g/mol. The Bertz CT molecular complexity index is 954. The maximum absolute atomic E-state index is 2.47. The fourth-order valence-corrected chi connectivity index (χ4v) is 7.75. The van der Waals surface area contributed by atoms with Gasteiger partial charge < -0.3 is 24.8 Å². The Balaban J connectivity index is 0.00000150. The standard InChI is InChI=1S/C21H25.C5H5.2ClH.Zr/c1-13(2)14(3)8-17-6-7-20-19(11-17)12-18-9-15(4)16(5)10-21(18)20;1-2-4-5-3-1;;;/h6-7,9-10,13-14H,8,12H2,1-5H3;1-3H,4H2;2*1H;/q;;;;+2/p-2. The molecule has 0 radical (unpaired) electrons. The molecule has 1 unspecified atom stereocenters. The maximum Gasteiger partial charge on any atom is -1.00 e. The van der Waals surface area contributed by atoms with Crippen molar-refractivity contribution >= 4 is 3.27 Å². The number of fused-ring (bicyclic) bond motifs is 3. The molecule has 2 aromatic rings. The molecule has 2 aliphatic carbocycles. The number of halogens is 2. The van der Waals surface area contributed by atoms with Crippen molar-refractivity contribution in [3.63, 3.8) is 0 Å². The van der Waals surface area contributed by atoms with E-state index < -0.39 is 23.2 Å². The smallest absolute Gasteiger partial charge is 1.00 e. The Labute approximate surface area is 200 Å². The normalized spacial score (nSPS) is 14.5. The van der Waals surface area contributed by atoms with Crippen LogP contribution in [0, 0.1) is 25.7 Å². The zero-order valence-corrected chi connectivity index (χ0v) is 22.0. The summed E-state index contributed by atoms with van der Waals surface area (Å²) in [6.07, 6.45) is 10.6. The Kier molecular flexibility index (Phi) is 8.61. The van der Waals surface area contributed by atoms with Crippen molar-refractivity contribution in [2.24, 2.45) is 11.8 Å². The van der Waals surface area contributed by atoms with Crippen molar-refractivity contribution in [1.29, 1.82) is 0 Å². The van der Waals surface area contributed by atoms with Crippen molar-refractivity contribution in [1.82, 2.24) is 0 Å². The van der Waals surface area contributed by atoms with Gasteiger partial charge in [-0.05, 0) is 0 Å². The molecule has 0 aromatic heterocycles. The number of hydrogen-bond donors (Lipinski definition) is 0. The third-order valence-electron chi connectivity index (χ3n) is 6.51. The van der Waals surface area contributed by atoms with Crippen LogP contribution >= 0.6 is 0 Å². The average Bonchev–Trinajstić information content (AvgIpc) is 3.25. The summed E-state index contributed by atoms with van der Waals surface area (Å²) in [7, 11) is 0. The van der Waals surface area contributed by atoms with Gasteiger partial charge in [0.15, 0.2) is 0 Å². The van der Waals surface area contributed by atoms with Crippen LogP contribution in [-0.2, 0) is 36.1 Å². The molecule has 2 aliphatic rings. The zero-order valence-electron chi connectivity index (χ0n) is 18.1. The van der Waals surface area contributed by atoms with Crippen LogP contribution in [0.3, 0.4) is 0 Å². The molecule has 0 fully saturated rings. The molecule has 0 spiro atoms. The van der Waals surface area contributed by atoms with Crippen LogP contribution in [-0.4, -0.2) is 0 Å². The summed E-state index contributed by atoms with van der Waals surface area (Å²) >= 11 is -0.725. The first-order valence-corrected chi connectivity index (χ1v) is 12.8. The van der Waals surface area contributed by atoms with Gasteiger partial charge in [0.2, 0.25) is 0 Å². The summed E-state index contributed by atoms with van der Waals surface area (Å²) in [4.78, 5) is 0. The van der Waals surface area contributed by atoms with E-state index >= 15 is 0 Å². The molecule has 1 atom stereocenters. The summed E-state index contributed by atoms with van der Waals surface area (Å²) in [6.45, 7) is 11.6. The van der Waals surface area contributed by atoms with E-state index in [-0.39, 0.29) is 24.8 Å². The largest absolute Gasteiger partial charge is 1.00 e. The Morgan fingerprint density at radius 2 is 1.69 bits per heavy atom. The second-order valence-corrected chi connectivity index (χ2v) is 12.2. The van der Waals surface area contributed by atoms with Gasteiger partial charge in [-0.2, -0.15) is 0 Å². The SMILES string of the molecule is Cc1cc2c(cc1C)-c1ccc(CC(C)C(C)C)[c]([Zr+2][C]3=CC=CC3)c1C2.[Cl-].[Cl-]. The quantitative estimate of drug-likeness (QED) is 0.468. The van der Waals surface area contributed by atoms with Gasteiger partial charge in [0.25, 0.3) is 0 Å². The number of aryl methyl sites for hydroxylation is 2. The van der Waals surface area contributed by atoms with E-state index in [0.29, 0.717) is 0 Å². The van der Waals surface area contributed by atoms with Crippen molar-refractivity contribution in [2.45, 2.75) is 53.9 Å². The van der Waals surface area contributed by atoms with E-state index in [1.807, 2.05) is 0 Å². The minimum atomic E-state index is -0.725. The Morgan fingerprint density at radius 3 is 2.34 bits per heavy atom. The Morgan fingerprint density at radius 1 is 0.966 bits per heavy atom. The third-order valence-corrected chi connectivity index (χ3v) is 10.4. The second-order valence-electron chi connectivity index (χ2n) is 8.77. The van der Waals surface area contributed by atoms with Gasteiger partial charge in [0.05, 0.1) is 0 Å². The van der Waals surface area contributed by atoms with Crippen LogP contribution in [0.15, 0.2) is 45.8 Å². The summed E-state index contributed by atoms with van der Waals surface area (Å²) in [5.41, 5.74) is 10.7. The first-order chi connectivity index (χ1) is 12.9. The fourth-order valence-electron chi connectivity index (χ4n) is 4.20. The molecule has 0 bridgehead atoms. The molecule has 0 nitrogen and oxygen atoms in total. The predicted octanol–water partition coefficient (Wildman–Crippen LogP) is 0.269. The molecule has 0 N–H and O–H groups in total.